The summed E-state index contributed by atoms with van der Waals surface area (Å²) in [6.45, 7) is 3.07. The molecular formula is C19H24N2O. The number of aromatic nitrogens is 1. The minimum atomic E-state index is -0.188. The molecule has 2 fully saturated rings. The van der Waals surface area contributed by atoms with Gasteiger partial charge in [-0.2, -0.15) is 0 Å². The van der Waals surface area contributed by atoms with Gasteiger partial charge in [0.1, 0.15) is 0 Å². The third-order valence-corrected chi connectivity index (χ3v) is 5.44. The second-order valence-electron chi connectivity index (χ2n) is 7.03. The molecular weight excluding hydrogens is 272 g/mol. The number of aliphatic hydroxyl groups is 1. The molecule has 4 rings (SSSR count). The van der Waals surface area contributed by atoms with Crippen LogP contribution < -0.4 is 0 Å². The number of pyridine rings is 1. The summed E-state index contributed by atoms with van der Waals surface area (Å²) in [4.78, 5) is 6.91. The van der Waals surface area contributed by atoms with Crippen molar-refractivity contribution in [1.29, 1.82) is 0 Å². The average molecular weight is 296 g/mol. The minimum Gasteiger partial charge on any atom is -0.391 e. The topological polar surface area (TPSA) is 36.4 Å². The first-order valence-electron chi connectivity index (χ1n) is 8.52. The van der Waals surface area contributed by atoms with E-state index in [-0.39, 0.29) is 6.10 Å². The highest BCUT2D eigenvalue weighted by Crippen LogP contribution is 2.30. The third-order valence-electron chi connectivity index (χ3n) is 5.44. The average Bonchev–Trinajstić information content (AvgIpc) is 2.84. The summed E-state index contributed by atoms with van der Waals surface area (Å²) in [7, 11) is 0. The monoisotopic (exact) mass is 296 g/mol. The highest BCUT2D eigenvalue weighted by molar-refractivity contribution is 5.81. The maximum atomic E-state index is 10.4. The van der Waals surface area contributed by atoms with Gasteiger partial charge < -0.3 is 10.0 Å². The lowest BCUT2D eigenvalue weighted by Gasteiger charge is -2.29. The Hall–Kier alpha value is -1.45. The van der Waals surface area contributed by atoms with E-state index in [1.165, 1.54) is 36.8 Å². The molecule has 0 radical (unpaired) electrons. The Morgan fingerprint density at radius 1 is 1.14 bits per heavy atom. The Morgan fingerprint density at radius 2 is 2.00 bits per heavy atom. The normalized spacial score (nSPS) is 26.4. The van der Waals surface area contributed by atoms with Crippen LogP contribution in [0.4, 0.5) is 0 Å². The van der Waals surface area contributed by atoms with Crippen molar-refractivity contribution in [2.75, 3.05) is 19.6 Å². The van der Waals surface area contributed by atoms with Crippen molar-refractivity contribution in [2.45, 2.75) is 31.8 Å². The minimum absolute atomic E-state index is 0.188. The van der Waals surface area contributed by atoms with Crippen molar-refractivity contribution in [3.05, 3.63) is 42.1 Å². The molecule has 116 valence electrons. The Balaban J connectivity index is 1.47. The molecule has 22 heavy (non-hydrogen) atoms. The van der Waals surface area contributed by atoms with Gasteiger partial charge in [0.25, 0.3) is 0 Å². The number of nitrogens with zero attached hydrogens (tertiary/aromatic N) is 2. The fourth-order valence-electron chi connectivity index (χ4n) is 3.95. The SMILES string of the molecule is O[C@@H]1CN(CC2CCC2)C[C@H]1Cc1ccnc2ccccc12. The number of aliphatic hydroxyl groups excluding tert-OH is 1. The van der Waals surface area contributed by atoms with Crippen LogP contribution >= 0.6 is 0 Å². The molecule has 2 atom stereocenters. The summed E-state index contributed by atoms with van der Waals surface area (Å²) in [5, 5.41) is 11.7. The molecule has 1 N–H and O–H groups in total. The van der Waals surface area contributed by atoms with E-state index in [2.05, 4.69) is 34.1 Å². The van der Waals surface area contributed by atoms with Crippen LogP contribution in [0.25, 0.3) is 10.9 Å². The summed E-state index contributed by atoms with van der Waals surface area (Å²) < 4.78 is 0. The summed E-state index contributed by atoms with van der Waals surface area (Å²) in [6, 6.07) is 10.4. The molecule has 1 aromatic carbocycles. The van der Waals surface area contributed by atoms with E-state index in [1.54, 1.807) is 0 Å². The highest BCUT2D eigenvalue weighted by Gasteiger charge is 2.33. The number of likely N-dealkylation sites (tertiary alicyclic amines) is 1. The van der Waals surface area contributed by atoms with Gasteiger partial charge in [0.15, 0.2) is 0 Å². The number of para-hydroxylation sites is 1. The van der Waals surface area contributed by atoms with Gasteiger partial charge in [-0.15, -0.1) is 0 Å². The molecule has 0 bridgehead atoms. The van der Waals surface area contributed by atoms with Gasteiger partial charge in [0, 0.05) is 37.1 Å². The smallest absolute Gasteiger partial charge is 0.0710 e. The predicted octanol–water partition coefficient (Wildman–Crippen LogP) is 2.87. The first-order chi connectivity index (χ1) is 10.8. The zero-order chi connectivity index (χ0) is 14.9. The first kappa shape index (κ1) is 14.2. The lowest BCUT2D eigenvalue weighted by Crippen LogP contribution is -2.31. The van der Waals surface area contributed by atoms with Crippen LogP contribution in [0.1, 0.15) is 24.8 Å². The Bertz CT molecular complexity index is 647. The quantitative estimate of drug-likeness (QED) is 0.942. The summed E-state index contributed by atoms with van der Waals surface area (Å²) in [6.07, 6.45) is 6.81. The summed E-state index contributed by atoms with van der Waals surface area (Å²) in [5.74, 6) is 1.23. The number of β-amino-alcohol motifs (C(OH)–C–C–N with tert-alkyl or cyclic N) is 1. The van der Waals surface area contributed by atoms with Crippen molar-refractivity contribution in [2.24, 2.45) is 11.8 Å². The van der Waals surface area contributed by atoms with Gasteiger partial charge in [-0.1, -0.05) is 24.6 Å². The van der Waals surface area contributed by atoms with E-state index in [0.717, 1.165) is 30.9 Å². The second-order valence-corrected chi connectivity index (χ2v) is 7.03. The predicted molar refractivity (Wildman–Crippen MR) is 88.7 cm³/mol. The van der Waals surface area contributed by atoms with Crippen LogP contribution in [0.2, 0.25) is 0 Å². The molecule has 0 amide bonds. The van der Waals surface area contributed by atoms with Crippen LogP contribution in [-0.4, -0.2) is 40.7 Å². The van der Waals surface area contributed by atoms with E-state index in [4.69, 9.17) is 0 Å². The lowest BCUT2D eigenvalue weighted by atomic mass is 9.85. The van der Waals surface area contributed by atoms with Gasteiger partial charge in [-0.25, -0.2) is 0 Å². The summed E-state index contributed by atoms with van der Waals surface area (Å²) in [5.41, 5.74) is 2.37. The number of benzene rings is 1. The first-order valence-corrected chi connectivity index (χ1v) is 8.52. The van der Waals surface area contributed by atoms with E-state index < -0.39 is 0 Å². The molecule has 1 aliphatic heterocycles. The fourth-order valence-corrected chi connectivity index (χ4v) is 3.95. The molecule has 1 saturated heterocycles. The molecule has 0 spiro atoms. The number of hydrogen-bond donors (Lipinski definition) is 1. The van der Waals surface area contributed by atoms with E-state index in [1.807, 2.05) is 12.3 Å². The van der Waals surface area contributed by atoms with E-state index >= 15 is 0 Å². The van der Waals surface area contributed by atoms with Crippen molar-refractivity contribution in [3.8, 4) is 0 Å². The molecule has 2 aromatic rings. The van der Waals surface area contributed by atoms with E-state index in [9.17, 15) is 5.11 Å². The maximum absolute atomic E-state index is 10.4. The van der Waals surface area contributed by atoms with Crippen LogP contribution in [0.5, 0.6) is 0 Å². The molecule has 0 unspecified atom stereocenters. The molecule has 3 heteroatoms. The van der Waals surface area contributed by atoms with Crippen LogP contribution in [0.15, 0.2) is 36.5 Å². The van der Waals surface area contributed by atoms with Gasteiger partial charge in [0.05, 0.1) is 11.6 Å². The van der Waals surface area contributed by atoms with Gasteiger partial charge >= 0.3 is 0 Å². The third kappa shape index (κ3) is 2.75. The standard InChI is InChI=1S/C19H24N2O/c22-19-13-21(11-14-4-3-5-14)12-16(19)10-15-8-9-20-18-7-2-1-6-17(15)18/h1-2,6-9,14,16,19,22H,3-5,10-13H2/t16-,19-/m1/s1. The molecule has 2 heterocycles. The van der Waals surface area contributed by atoms with Crippen LogP contribution in [-0.2, 0) is 6.42 Å². The molecule has 2 aliphatic rings. The number of fused-ring (bicyclic) bond motifs is 1. The molecule has 1 saturated carbocycles. The van der Waals surface area contributed by atoms with Crippen molar-refractivity contribution >= 4 is 10.9 Å². The largest absolute Gasteiger partial charge is 0.391 e. The lowest BCUT2D eigenvalue weighted by molar-refractivity contribution is 0.135. The number of rotatable bonds is 4. The zero-order valence-corrected chi connectivity index (χ0v) is 13.0. The Labute approximate surface area is 132 Å². The number of hydrogen-bond acceptors (Lipinski definition) is 3. The zero-order valence-electron chi connectivity index (χ0n) is 13.0. The summed E-state index contributed by atoms with van der Waals surface area (Å²) >= 11 is 0. The molecule has 1 aliphatic carbocycles. The van der Waals surface area contributed by atoms with Crippen molar-refractivity contribution < 1.29 is 5.11 Å². The van der Waals surface area contributed by atoms with Crippen molar-refractivity contribution in [1.82, 2.24) is 9.88 Å². The molecule has 3 nitrogen and oxygen atoms in total. The second kappa shape index (κ2) is 5.98. The van der Waals surface area contributed by atoms with Crippen molar-refractivity contribution in [3.63, 3.8) is 0 Å². The van der Waals surface area contributed by atoms with E-state index in [0.29, 0.717) is 5.92 Å². The van der Waals surface area contributed by atoms with Crippen LogP contribution in [0, 0.1) is 11.8 Å². The van der Waals surface area contributed by atoms with Gasteiger partial charge in [0.2, 0.25) is 0 Å². The fraction of sp³-hybridized carbons (Fsp3) is 0.526. The Kier molecular flexibility index (Phi) is 3.85. The molecule has 1 aromatic heterocycles. The Morgan fingerprint density at radius 3 is 2.82 bits per heavy atom. The van der Waals surface area contributed by atoms with Gasteiger partial charge in [-0.3, -0.25) is 4.98 Å². The maximum Gasteiger partial charge on any atom is 0.0710 e. The van der Waals surface area contributed by atoms with Crippen LogP contribution in [0.3, 0.4) is 0 Å². The highest BCUT2D eigenvalue weighted by atomic mass is 16.3. The van der Waals surface area contributed by atoms with Gasteiger partial charge in [-0.05, 0) is 42.9 Å².